The molecule has 0 aliphatic carbocycles. The predicted octanol–water partition coefficient (Wildman–Crippen LogP) is 10.4. The molecular formula is C33H20OS2. The number of fused-ring (bicyclic) bond motifs is 9. The number of benzene rings is 6. The standard InChI is InChI=1S/C33H20OS2/c1-34-21-12-10-19(11-13-21)24-14-20-15-32-28(22-6-2-4-8-30(22)35-32)16-25(20)27-18-33-29(17-26(24)27)23-7-3-5-9-31(23)36-33/h2-18H,1H3. The predicted molar refractivity (Wildman–Crippen MR) is 159 cm³/mol. The van der Waals surface area contributed by atoms with Crippen LogP contribution in [0, 0.1) is 0 Å². The van der Waals surface area contributed by atoms with Crippen LogP contribution in [0.3, 0.4) is 0 Å². The first kappa shape index (κ1) is 20.3. The summed E-state index contributed by atoms with van der Waals surface area (Å²) < 4.78 is 10.8. The molecule has 0 aliphatic heterocycles. The van der Waals surface area contributed by atoms with E-state index in [0.29, 0.717) is 0 Å². The molecule has 0 saturated carbocycles. The normalized spacial score (nSPS) is 12.0. The Morgan fingerprint density at radius 1 is 0.472 bits per heavy atom. The fourth-order valence-electron chi connectivity index (χ4n) is 5.60. The van der Waals surface area contributed by atoms with E-state index >= 15 is 0 Å². The highest BCUT2D eigenvalue weighted by atomic mass is 32.1. The van der Waals surface area contributed by atoms with E-state index in [1.165, 1.54) is 73.0 Å². The van der Waals surface area contributed by atoms with Crippen molar-refractivity contribution in [3.63, 3.8) is 0 Å². The lowest BCUT2D eigenvalue weighted by Crippen LogP contribution is -1.87. The van der Waals surface area contributed by atoms with Gasteiger partial charge in [0.25, 0.3) is 0 Å². The second kappa shape index (κ2) is 7.54. The SMILES string of the molecule is COc1ccc(-c2cc3cc4sc5ccccc5c4cc3c3cc4sc5ccccc5c4cc23)cc1. The molecule has 0 radical (unpaired) electrons. The molecule has 170 valence electrons. The lowest BCUT2D eigenvalue weighted by molar-refractivity contribution is 0.415. The van der Waals surface area contributed by atoms with Crippen LogP contribution in [-0.2, 0) is 0 Å². The average Bonchev–Trinajstić information content (AvgIpc) is 3.48. The summed E-state index contributed by atoms with van der Waals surface area (Å²) in [5.41, 5.74) is 2.47. The van der Waals surface area contributed by atoms with Crippen LogP contribution in [0.15, 0.2) is 103 Å². The number of hydrogen-bond donors (Lipinski definition) is 0. The van der Waals surface area contributed by atoms with Gasteiger partial charge in [0.15, 0.2) is 0 Å². The fourth-order valence-corrected chi connectivity index (χ4v) is 7.86. The van der Waals surface area contributed by atoms with Crippen LogP contribution in [0.1, 0.15) is 0 Å². The third kappa shape index (κ3) is 2.87. The quantitative estimate of drug-likeness (QED) is 0.216. The Balaban J connectivity index is 1.55. The lowest BCUT2D eigenvalue weighted by atomic mass is 9.91. The molecule has 0 amide bonds. The minimum absolute atomic E-state index is 0.877. The van der Waals surface area contributed by atoms with Crippen LogP contribution in [0.5, 0.6) is 5.75 Å². The number of hydrogen-bond acceptors (Lipinski definition) is 3. The molecule has 8 aromatic rings. The van der Waals surface area contributed by atoms with Crippen molar-refractivity contribution >= 4 is 84.6 Å². The van der Waals surface area contributed by atoms with Gasteiger partial charge in [-0.2, -0.15) is 0 Å². The Bertz CT molecular complexity index is 2130. The zero-order valence-corrected chi connectivity index (χ0v) is 21.2. The van der Waals surface area contributed by atoms with Crippen molar-refractivity contribution in [1.29, 1.82) is 0 Å². The van der Waals surface area contributed by atoms with E-state index in [-0.39, 0.29) is 0 Å². The van der Waals surface area contributed by atoms with Gasteiger partial charge in [0.05, 0.1) is 7.11 Å². The largest absolute Gasteiger partial charge is 0.497 e. The summed E-state index contributed by atoms with van der Waals surface area (Å²) in [5.74, 6) is 0.877. The molecule has 0 spiro atoms. The van der Waals surface area contributed by atoms with E-state index in [1.54, 1.807) is 7.11 Å². The molecular weight excluding hydrogens is 476 g/mol. The van der Waals surface area contributed by atoms with Crippen molar-refractivity contribution in [2.45, 2.75) is 0 Å². The minimum Gasteiger partial charge on any atom is -0.497 e. The van der Waals surface area contributed by atoms with Crippen LogP contribution < -0.4 is 4.74 Å². The van der Waals surface area contributed by atoms with Gasteiger partial charge < -0.3 is 4.74 Å². The van der Waals surface area contributed by atoms with Crippen LogP contribution in [-0.4, -0.2) is 7.11 Å². The first-order valence-electron chi connectivity index (χ1n) is 12.0. The van der Waals surface area contributed by atoms with Gasteiger partial charge in [-0.15, -0.1) is 22.7 Å². The second-order valence-corrected chi connectivity index (χ2v) is 11.5. The van der Waals surface area contributed by atoms with E-state index in [4.69, 9.17) is 4.74 Å². The summed E-state index contributed by atoms with van der Waals surface area (Å²) in [6.07, 6.45) is 0. The highest BCUT2D eigenvalue weighted by Gasteiger charge is 2.15. The number of ether oxygens (including phenoxy) is 1. The van der Waals surface area contributed by atoms with Gasteiger partial charge >= 0.3 is 0 Å². The topological polar surface area (TPSA) is 9.23 Å². The molecule has 6 aromatic carbocycles. The first-order chi connectivity index (χ1) is 17.8. The molecule has 0 aliphatic rings. The van der Waals surface area contributed by atoms with Gasteiger partial charge in [-0.1, -0.05) is 48.5 Å². The van der Waals surface area contributed by atoms with E-state index < -0.39 is 0 Å². The molecule has 1 nitrogen and oxygen atoms in total. The Morgan fingerprint density at radius 3 is 1.75 bits per heavy atom. The maximum absolute atomic E-state index is 5.44. The van der Waals surface area contributed by atoms with Crippen LogP contribution >= 0.6 is 22.7 Å². The van der Waals surface area contributed by atoms with Crippen molar-refractivity contribution in [2.24, 2.45) is 0 Å². The Labute approximate surface area is 215 Å². The van der Waals surface area contributed by atoms with E-state index in [0.717, 1.165) is 5.75 Å². The first-order valence-corrected chi connectivity index (χ1v) is 13.7. The number of methoxy groups -OCH3 is 1. The van der Waals surface area contributed by atoms with Gasteiger partial charge in [0.1, 0.15) is 5.75 Å². The van der Waals surface area contributed by atoms with Gasteiger partial charge in [-0.3, -0.25) is 0 Å². The molecule has 0 bridgehead atoms. The monoisotopic (exact) mass is 496 g/mol. The molecule has 3 heteroatoms. The van der Waals surface area contributed by atoms with Gasteiger partial charge in [-0.05, 0) is 87.3 Å². The number of rotatable bonds is 2. The molecule has 0 unspecified atom stereocenters. The van der Waals surface area contributed by atoms with Crippen LogP contribution in [0.25, 0.3) is 73.0 Å². The highest BCUT2D eigenvalue weighted by molar-refractivity contribution is 7.26. The zero-order valence-electron chi connectivity index (χ0n) is 19.5. The molecule has 2 heterocycles. The van der Waals surface area contributed by atoms with Crippen molar-refractivity contribution in [3.8, 4) is 16.9 Å². The van der Waals surface area contributed by atoms with E-state index in [2.05, 4.69) is 103 Å². The van der Waals surface area contributed by atoms with Crippen LogP contribution in [0.4, 0.5) is 0 Å². The van der Waals surface area contributed by atoms with Crippen molar-refractivity contribution in [1.82, 2.24) is 0 Å². The third-order valence-electron chi connectivity index (χ3n) is 7.35. The molecule has 0 saturated heterocycles. The zero-order chi connectivity index (χ0) is 23.8. The third-order valence-corrected chi connectivity index (χ3v) is 9.61. The summed E-state index contributed by atoms with van der Waals surface area (Å²) in [7, 11) is 1.72. The molecule has 0 fully saturated rings. The maximum atomic E-state index is 5.44. The summed E-state index contributed by atoms with van der Waals surface area (Å²) in [6.45, 7) is 0. The van der Waals surface area contributed by atoms with Crippen LogP contribution in [0.2, 0.25) is 0 Å². The van der Waals surface area contributed by atoms with E-state index in [9.17, 15) is 0 Å². The fraction of sp³-hybridized carbons (Fsp3) is 0.0303. The van der Waals surface area contributed by atoms with E-state index in [1.807, 2.05) is 22.7 Å². The van der Waals surface area contributed by atoms with Gasteiger partial charge in [-0.25, -0.2) is 0 Å². The average molecular weight is 497 g/mol. The lowest BCUT2D eigenvalue weighted by Gasteiger charge is -2.13. The molecule has 8 rings (SSSR count). The van der Waals surface area contributed by atoms with Gasteiger partial charge in [0.2, 0.25) is 0 Å². The number of thiophene rings is 2. The van der Waals surface area contributed by atoms with Crippen molar-refractivity contribution in [3.05, 3.63) is 103 Å². The Kier molecular flexibility index (Phi) is 4.25. The maximum Gasteiger partial charge on any atom is 0.118 e. The summed E-state index contributed by atoms with van der Waals surface area (Å²) in [6, 6.07) is 38.0. The van der Waals surface area contributed by atoms with Crippen molar-refractivity contribution in [2.75, 3.05) is 7.11 Å². The summed E-state index contributed by atoms with van der Waals surface area (Å²) in [5, 5.41) is 10.6. The summed E-state index contributed by atoms with van der Waals surface area (Å²) in [4.78, 5) is 0. The molecule has 0 N–H and O–H groups in total. The molecule has 2 aromatic heterocycles. The molecule has 36 heavy (non-hydrogen) atoms. The smallest absolute Gasteiger partial charge is 0.118 e. The highest BCUT2D eigenvalue weighted by Crippen LogP contribution is 2.44. The minimum atomic E-state index is 0.877. The summed E-state index contributed by atoms with van der Waals surface area (Å²) >= 11 is 3.76. The second-order valence-electron chi connectivity index (χ2n) is 9.31. The Morgan fingerprint density at radius 2 is 1.08 bits per heavy atom. The molecule has 0 atom stereocenters. The van der Waals surface area contributed by atoms with Crippen molar-refractivity contribution < 1.29 is 4.74 Å². The Hall–Kier alpha value is -3.92. The van der Waals surface area contributed by atoms with Gasteiger partial charge in [0, 0.05) is 40.3 Å².